The highest BCUT2D eigenvalue weighted by atomic mass is 32.2. The Hall–Kier alpha value is -0.450. The van der Waals surface area contributed by atoms with Crippen molar-refractivity contribution in [1.29, 1.82) is 0 Å². The summed E-state index contributed by atoms with van der Waals surface area (Å²) < 4.78 is 6.47. The van der Waals surface area contributed by atoms with Crippen LogP contribution >= 0.6 is 11.8 Å². The maximum Gasteiger partial charge on any atom is 0.120 e. The number of aryl methyl sites for hydroxylation is 1. The maximum atomic E-state index is 6.05. The first-order valence-corrected chi connectivity index (χ1v) is 9.14. The fourth-order valence-electron chi connectivity index (χ4n) is 2.66. The van der Waals surface area contributed by atoms with Gasteiger partial charge >= 0.3 is 0 Å². The number of thioether (sulfide) groups is 1. The van der Waals surface area contributed by atoms with Crippen LogP contribution in [0.15, 0.2) is 10.5 Å². The number of rotatable bonds is 6. The smallest absolute Gasteiger partial charge is 0.120 e. The van der Waals surface area contributed by atoms with Crippen LogP contribution in [0.3, 0.4) is 0 Å². The Balaban J connectivity index is 1.89. The van der Waals surface area contributed by atoms with Gasteiger partial charge in [-0.25, -0.2) is 0 Å². The van der Waals surface area contributed by atoms with Crippen LogP contribution in [-0.2, 0) is 13.1 Å². The van der Waals surface area contributed by atoms with Crippen LogP contribution in [0.1, 0.15) is 50.7 Å². The summed E-state index contributed by atoms with van der Waals surface area (Å²) in [5.41, 5.74) is 1.28. The van der Waals surface area contributed by atoms with E-state index < -0.39 is 0 Å². The van der Waals surface area contributed by atoms with Crippen molar-refractivity contribution in [2.24, 2.45) is 0 Å². The molecule has 0 amide bonds. The Morgan fingerprint density at radius 1 is 1.38 bits per heavy atom. The topological polar surface area (TPSA) is 28.4 Å². The Bertz CT molecular complexity index is 442. The van der Waals surface area contributed by atoms with E-state index in [0.717, 1.165) is 44.1 Å². The molecule has 1 aromatic rings. The molecule has 120 valence electrons. The molecule has 1 N–H and O–H groups in total. The molecule has 0 bridgehead atoms. The fourth-order valence-corrected chi connectivity index (χ4v) is 3.80. The van der Waals surface area contributed by atoms with E-state index in [9.17, 15) is 0 Å². The third kappa shape index (κ3) is 5.35. The molecule has 21 heavy (non-hydrogen) atoms. The Morgan fingerprint density at radius 3 is 2.95 bits per heavy atom. The molecule has 0 radical (unpaired) electrons. The summed E-state index contributed by atoms with van der Waals surface area (Å²) in [6.07, 6.45) is 2.41. The van der Waals surface area contributed by atoms with Crippen LogP contribution in [-0.4, -0.2) is 35.0 Å². The average Bonchev–Trinajstić information content (AvgIpc) is 2.66. The molecule has 1 fully saturated rings. The summed E-state index contributed by atoms with van der Waals surface area (Å²) in [7, 11) is 0. The molecule has 3 nitrogen and oxygen atoms in total. The van der Waals surface area contributed by atoms with E-state index in [-0.39, 0.29) is 0 Å². The molecule has 0 aliphatic carbocycles. The summed E-state index contributed by atoms with van der Waals surface area (Å²) in [5.74, 6) is 3.44. The van der Waals surface area contributed by atoms with E-state index >= 15 is 0 Å². The van der Waals surface area contributed by atoms with Crippen molar-refractivity contribution in [2.45, 2.75) is 58.4 Å². The van der Waals surface area contributed by atoms with Crippen molar-refractivity contribution >= 4 is 11.8 Å². The first-order valence-electron chi connectivity index (χ1n) is 8.15. The quantitative estimate of drug-likeness (QED) is 0.809. The second-order valence-electron chi connectivity index (χ2n) is 6.63. The lowest BCUT2D eigenvalue weighted by atomic mass is 10.1. The third-order valence-corrected chi connectivity index (χ3v) is 5.47. The average molecular weight is 311 g/mol. The van der Waals surface area contributed by atoms with E-state index in [1.165, 1.54) is 24.3 Å². The standard InChI is InChI=1S/C17H30N2OS/c1-5-7-18-12-16-14(2)11-15(20-16)13-19-8-6-17(3,4)21-10-9-19/h11,18H,5-10,12-13H2,1-4H3. The van der Waals surface area contributed by atoms with Crippen LogP contribution in [0.2, 0.25) is 0 Å². The fraction of sp³-hybridized carbons (Fsp3) is 0.765. The number of hydrogen-bond donors (Lipinski definition) is 1. The summed E-state index contributed by atoms with van der Waals surface area (Å²) in [6, 6.07) is 2.21. The highest BCUT2D eigenvalue weighted by Gasteiger charge is 2.24. The zero-order valence-corrected chi connectivity index (χ0v) is 14.8. The molecular weight excluding hydrogens is 280 g/mol. The Morgan fingerprint density at radius 2 is 2.19 bits per heavy atom. The van der Waals surface area contributed by atoms with Gasteiger partial charge in [-0.05, 0) is 44.5 Å². The summed E-state index contributed by atoms with van der Waals surface area (Å²) >= 11 is 2.10. The molecule has 0 saturated carbocycles. The molecular formula is C17H30N2OS. The van der Waals surface area contributed by atoms with Gasteiger partial charge < -0.3 is 9.73 Å². The largest absolute Gasteiger partial charge is 0.463 e. The molecule has 1 aromatic heterocycles. The minimum Gasteiger partial charge on any atom is -0.463 e. The summed E-state index contributed by atoms with van der Waals surface area (Å²) in [6.45, 7) is 14.2. The molecule has 0 spiro atoms. The zero-order chi connectivity index (χ0) is 15.3. The van der Waals surface area contributed by atoms with Crippen LogP contribution in [0.4, 0.5) is 0 Å². The normalized spacial score (nSPS) is 19.6. The van der Waals surface area contributed by atoms with Crippen molar-refractivity contribution in [2.75, 3.05) is 25.4 Å². The number of furan rings is 1. The highest BCUT2D eigenvalue weighted by molar-refractivity contribution is 8.00. The molecule has 0 atom stereocenters. The molecule has 4 heteroatoms. The Kier molecular flexibility index (Phi) is 6.20. The number of nitrogens with one attached hydrogen (secondary N) is 1. The van der Waals surface area contributed by atoms with Gasteiger partial charge in [-0.3, -0.25) is 4.90 Å². The summed E-state index contributed by atoms with van der Waals surface area (Å²) in [5, 5.41) is 3.42. The number of hydrogen-bond acceptors (Lipinski definition) is 4. The van der Waals surface area contributed by atoms with Crippen molar-refractivity contribution in [3.63, 3.8) is 0 Å². The predicted molar refractivity (Wildman–Crippen MR) is 91.9 cm³/mol. The second kappa shape index (κ2) is 7.70. The maximum absolute atomic E-state index is 6.05. The minimum atomic E-state index is 0.420. The third-order valence-electron chi connectivity index (χ3n) is 4.09. The van der Waals surface area contributed by atoms with Gasteiger partial charge in [0.2, 0.25) is 0 Å². The molecule has 1 saturated heterocycles. The van der Waals surface area contributed by atoms with Gasteiger partial charge in [0.15, 0.2) is 0 Å². The highest BCUT2D eigenvalue weighted by Crippen LogP contribution is 2.31. The van der Waals surface area contributed by atoms with Crippen molar-refractivity contribution in [3.05, 3.63) is 23.2 Å². The molecule has 0 aromatic carbocycles. The second-order valence-corrected chi connectivity index (χ2v) is 8.43. The molecule has 1 aliphatic heterocycles. The van der Waals surface area contributed by atoms with E-state index in [1.807, 2.05) is 0 Å². The van der Waals surface area contributed by atoms with Crippen LogP contribution in [0, 0.1) is 6.92 Å². The minimum absolute atomic E-state index is 0.420. The Labute approximate surface area is 133 Å². The molecule has 1 aliphatic rings. The van der Waals surface area contributed by atoms with Crippen LogP contribution in [0.5, 0.6) is 0 Å². The van der Waals surface area contributed by atoms with Crippen LogP contribution < -0.4 is 5.32 Å². The molecule has 2 rings (SSSR count). The van der Waals surface area contributed by atoms with E-state index in [2.05, 4.69) is 55.7 Å². The van der Waals surface area contributed by atoms with Gasteiger partial charge in [-0.1, -0.05) is 20.8 Å². The summed E-state index contributed by atoms with van der Waals surface area (Å²) in [4.78, 5) is 2.53. The van der Waals surface area contributed by atoms with Gasteiger partial charge in [0.1, 0.15) is 11.5 Å². The van der Waals surface area contributed by atoms with Crippen LogP contribution in [0.25, 0.3) is 0 Å². The first-order chi connectivity index (χ1) is 10.00. The lowest BCUT2D eigenvalue weighted by Crippen LogP contribution is -2.26. The van der Waals surface area contributed by atoms with Crippen molar-refractivity contribution in [1.82, 2.24) is 10.2 Å². The first kappa shape index (κ1) is 16.9. The van der Waals surface area contributed by atoms with Gasteiger partial charge in [0, 0.05) is 17.0 Å². The molecule has 2 heterocycles. The van der Waals surface area contributed by atoms with Crippen molar-refractivity contribution < 1.29 is 4.42 Å². The van der Waals surface area contributed by atoms with E-state index in [4.69, 9.17) is 4.42 Å². The monoisotopic (exact) mass is 310 g/mol. The van der Waals surface area contributed by atoms with Gasteiger partial charge in [-0.2, -0.15) is 11.8 Å². The lowest BCUT2D eigenvalue weighted by molar-refractivity contribution is 0.250. The van der Waals surface area contributed by atoms with E-state index in [1.54, 1.807) is 0 Å². The van der Waals surface area contributed by atoms with Gasteiger partial charge in [0.05, 0.1) is 13.1 Å². The van der Waals surface area contributed by atoms with Gasteiger partial charge in [-0.15, -0.1) is 0 Å². The van der Waals surface area contributed by atoms with Crippen molar-refractivity contribution in [3.8, 4) is 0 Å². The van der Waals surface area contributed by atoms with E-state index in [0.29, 0.717) is 4.75 Å². The van der Waals surface area contributed by atoms with Gasteiger partial charge in [0.25, 0.3) is 0 Å². The lowest BCUT2D eigenvalue weighted by Gasteiger charge is -2.22. The zero-order valence-electron chi connectivity index (χ0n) is 14.0. The number of nitrogens with zero attached hydrogens (tertiary/aromatic N) is 1. The SMILES string of the molecule is CCCNCc1oc(CN2CCSC(C)(C)CC2)cc1C. The molecule has 0 unspecified atom stereocenters. The predicted octanol–water partition coefficient (Wildman–Crippen LogP) is 3.81.